The number of nitrogens with zero attached hydrogens (tertiary/aromatic N) is 3. The topological polar surface area (TPSA) is 142 Å². The SMILES string of the molecule is CC(=O)COOOCCNC(=O)COc1ccc(-c2nc(-c3ccc(C)cc3C)nc(-c3ccc(C)cc3C)n2)c(O)c1. The van der Waals surface area contributed by atoms with Crippen molar-refractivity contribution in [3.63, 3.8) is 0 Å². The molecule has 0 bridgehead atoms. The third-order valence-electron chi connectivity index (χ3n) is 6.33. The molecular formula is C32H34N4O7. The molecule has 0 radical (unpaired) electrons. The first-order chi connectivity index (χ1) is 20.6. The minimum absolute atomic E-state index is 0.000729. The van der Waals surface area contributed by atoms with Gasteiger partial charge in [-0.25, -0.2) is 19.8 Å². The van der Waals surface area contributed by atoms with E-state index in [-0.39, 0.29) is 43.6 Å². The van der Waals surface area contributed by atoms with Gasteiger partial charge >= 0.3 is 0 Å². The molecule has 1 amide bonds. The summed E-state index contributed by atoms with van der Waals surface area (Å²) in [5, 5.41) is 17.9. The van der Waals surface area contributed by atoms with Crippen molar-refractivity contribution in [2.45, 2.75) is 34.6 Å². The highest BCUT2D eigenvalue weighted by Gasteiger charge is 2.17. The van der Waals surface area contributed by atoms with E-state index in [0.29, 0.717) is 23.0 Å². The smallest absolute Gasteiger partial charge is 0.258 e. The maximum Gasteiger partial charge on any atom is 0.258 e. The van der Waals surface area contributed by atoms with Crippen LogP contribution in [0.5, 0.6) is 11.5 Å². The second-order valence-corrected chi connectivity index (χ2v) is 10.1. The van der Waals surface area contributed by atoms with Crippen LogP contribution in [0.1, 0.15) is 29.2 Å². The molecule has 3 aromatic carbocycles. The molecule has 4 aromatic rings. The van der Waals surface area contributed by atoms with Gasteiger partial charge in [-0.15, -0.1) is 0 Å². The minimum atomic E-state index is -0.412. The molecule has 1 heterocycles. The summed E-state index contributed by atoms with van der Waals surface area (Å²) < 4.78 is 5.54. The van der Waals surface area contributed by atoms with E-state index in [2.05, 4.69) is 32.3 Å². The summed E-state index contributed by atoms with van der Waals surface area (Å²) in [5.74, 6) is 0.833. The lowest BCUT2D eigenvalue weighted by Gasteiger charge is -2.13. The van der Waals surface area contributed by atoms with Gasteiger partial charge < -0.3 is 15.2 Å². The third-order valence-corrected chi connectivity index (χ3v) is 6.33. The van der Waals surface area contributed by atoms with Gasteiger partial charge in [-0.3, -0.25) is 9.59 Å². The molecule has 0 aliphatic carbocycles. The van der Waals surface area contributed by atoms with Crippen LogP contribution in [0.4, 0.5) is 0 Å². The summed E-state index contributed by atoms with van der Waals surface area (Å²) in [4.78, 5) is 46.3. The molecule has 0 aliphatic rings. The van der Waals surface area contributed by atoms with Crippen molar-refractivity contribution in [1.82, 2.24) is 20.3 Å². The molecule has 43 heavy (non-hydrogen) atoms. The molecule has 2 N–H and O–H groups in total. The number of hydrogen-bond acceptors (Lipinski definition) is 10. The Balaban J connectivity index is 1.50. The molecule has 0 saturated carbocycles. The number of rotatable bonds is 13. The van der Waals surface area contributed by atoms with Gasteiger partial charge in [0.15, 0.2) is 29.9 Å². The van der Waals surface area contributed by atoms with Crippen molar-refractivity contribution in [3.05, 3.63) is 76.9 Å². The van der Waals surface area contributed by atoms with Crippen LogP contribution >= 0.6 is 0 Å². The molecule has 0 fully saturated rings. The second-order valence-electron chi connectivity index (χ2n) is 10.1. The standard InChI is InChI=1S/C32H34N4O7/c1-19-6-9-25(21(3)14-19)30-34-31(26-10-7-20(2)15-22(26)4)36-32(35-30)27-11-8-24(16-28(27)38)40-18-29(39)33-12-13-41-43-42-17-23(5)37/h6-11,14-16,38H,12-13,17-18H2,1-5H3,(H,33,39). The molecule has 0 spiro atoms. The fourth-order valence-corrected chi connectivity index (χ4v) is 4.26. The predicted octanol–water partition coefficient (Wildman–Crippen LogP) is 4.78. The van der Waals surface area contributed by atoms with Gasteiger partial charge in [-0.1, -0.05) is 52.6 Å². The number of aromatic nitrogens is 3. The fraction of sp³-hybridized carbons (Fsp3) is 0.281. The van der Waals surface area contributed by atoms with E-state index in [4.69, 9.17) is 19.7 Å². The van der Waals surface area contributed by atoms with Crippen molar-refractivity contribution >= 4 is 11.7 Å². The Labute approximate surface area is 249 Å². The number of aromatic hydroxyl groups is 1. The lowest BCUT2D eigenvalue weighted by atomic mass is 10.0. The normalized spacial score (nSPS) is 10.9. The highest BCUT2D eigenvalue weighted by molar-refractivity contribution is 5.78. The number of carbonyl (C=O) groups is 2. The lowest BCUT2D eigenvalue weighted by molar-refractivity contribution is -0.507. The minimum Gasteiger partial charge on any atom is -0.507 e. The van der Waals surface area contributed by atoms with E-state index >= 15 is 0 Å². The van der Waals surface area contributed by atoms with Crippen molar-refractivity contribution in [2.24, 2.45) is 0 Å². The number of aryl methyl sites for hydroxylation is 4. The number of carbonyl (C=O) groups excluding carboxylic acids is 2. The molecule has 224 valence electrons. The van der Waals surface area contributed by atoms with E-state index in [9.17, 15) is 14.7 Å². The second kappa shape index (κ2) is 14.5. The zero-order valence-electron chi connectivity index (χ0n) is 24.8. The van der Waals surface area contributed by atoms with E-state index < -0.39 is 5.91 Å². The monoisotopic (exact) mass is 586 g/mol. The summed E-state index contributed by atoms with van der Waals surface area (Å²) >= 11 is 0. The van der Waals surface area contributed by atoms with Crippen molar-refractivity contribution in [1.29, 1.82) is 0 Å². The first-order valence-corrected chi connectivity index (χ1v) is 13.7. The van der Waals surface area contributed by atoms with Crippen LogP contribution in [0.25, 0.3) is 34.2 Å². The molecule has 4 rings (SSSR count). The molecule has 0 saturated heterocycles. The molecule has 11 heteroatoms. The quantitative estimate of drug-likeness (QED) is 0.128. The molecule has 0 atom stereocenters. The van der Waals surface area contributed by atoms with E-state index in [0.717, 1.165) is 33.4 Å². The van der Waals surface area contributed by atoms with Crippen LogP contribution in [0.3, 0.4) is 0 Å². The summed E-state index contributed by atoms with van der Waals surface area (Å²) in [7, 11) is 0. The summed E-state index contributed by atoms with van der Waals surface area (Å²) in [6.07, 6.45) is 0. The summed E-state index contributed by atoms with van der Waals surface area (Å²) in [6.45, 7) is 9.02. The zero-order chi connectivity index (χ0) is 30.9. The average molecular weight is 587 g/mol. The maximum atomic E-state index is 12.1. The molecule has 11 nitrogen and oxygen atoms in total. The Bertz CT molecular complexity index is 1550. The van der Waals surface area contributed by atoms with Crippen LogP contribution in [-0.2, 0) is 24.4 Å². The Morgan fingerprint density at radius 2 is 1.30 bits per heavy atom. The summed E-state index contributed by atoms with van der Waals surface area (Å²) in [6, 6.07) is 16.8. The fourth-order valence-electron chi connectivity index (χ4n) is 4.26. The number of amides is 1. The zero-order valence-corrected chi connectivity index (χ0v) is 24.8. The van der Waals surface area contributed by atoms with Gasteiger partial charge in [-0.2, -0.15) is 4.89 Å². The number of ether oxygens (including phenoxy) is 1. The largest absolute Gasteiger partial charge is 0.507 e. The van der Waals surface area contributed by atoms with Gasteiger partial charge in [0.1, 0.15) is 24.7 Å². The van der Waals surface area contributed by atoms with Crippen molar-refractivity contribution in [2.75, 3.05) is 26.4 Å². The summed E-state index contributed by atoms with van der Waals surface area (Å²) in [5.41, 5.74) is 6.43. The molecular weight excluding hydrogens is 552 g/mol. The van der Waals surface area contributed by atoms with Crippen LogP contribution in [0, 0.1) is 27.7 Å². The number of ketones is 1. The van der Waals surface area contributed by atoms with Crippen LogP contribution in [0.15, 0.2) is 54.6 Å². The van der Waals surface area contributed by atoms with E-state index in [1.54, 1.807) is 12.1 Å². The number of Topliss-reactive ketones (excluding diaryl/α,β-unsaturated/α-hetero) is 1. The number of hydrogen-bond donors (Lipinski definition) is 2. The average Bonchev–Trinajstić information content (AvgIpc) is 2.95. The predicted molar refractivity (Wildman–Crippen MR) is 159 cm³/mol. The van der Waals surface area contributed by atoms with Crippen LogP contribution in [0.2, 0.25) is 0 Å². The van der Waals surface area contributed by atoms with Crippen molar-refractivity contribution < 1.29 is 34.2 Å². The Kier molecular flexibility index (Phi) is 10.5. The van der Waals surface area contributed by atoms with Crippen LogP contribution < -0.4 is 10.1 Å². The number of phenols is 1. The molecule has 0 aliphatic heterocycles. The Morgan fingerprint density at radius 1 is 0.744 bits per heavy atom. The Hall–Kier alpha value is -4.71. The third kappa shape index (κ3) is 8.65. The highest BCUT2D eigenvalue weighted by atomic mass is 17.5. The highest BCUT2D eigenvalue weighted by Crippen LogP contribution is 2.34. The lowest BCUT2D eigenvalue weighted by Crippen LogP contribution is -2.31. The molecule has 1 aromatic heterocycles. The van der Waals surface area contributed by atoms with Gasteiger partial charge in [-0.05, 0) is 57.9 Å². The Morgan fingerprint density at radius 3 is 1.84 bits per heavy atom. The first kappa shape index (κ1) is 31.2. The van der Waals surface area contributed by atoms with Gasteiger partial charge in [0, 0.05) is 23.7 Å². The van der Waals surface area contributed by atoms with Crippen LogP contribution in [-0.4, -0.2) is 58.1 Å². The first-order valence-electron chi connectivity index (χ1n) is 13.7. The number of phenolic OH excluding ortho intramolecular Hbond substituents is 1. The molecule has 0 unspecified atom stereocenters. The van der Waals surface area contributed by atoms with E-state index in [1.807, 2.05) is 52.0 Å². The van der Waals surface area contributed by atoms with Gasteiger partial charge in [0.2, 0.25) is 0 Å². The van der Waals surface area contributed by atoms with Gasteiger partial charge in [0.05, 0.1) is 5.56 Å². The van der Waals surface area contributed by atoms with E-state index in [1.165, 1.54) is 13.0 Å². The maximum absolute atomic E-state index is 12.1. The van der Waals surface area contributed by atoms with Crippen molar-refractivity contribution in [3.8, 4) is 45.7 Å². The number of benzene rings is 3. The number of nitrogens with one attached hydrogen (secondary N) is 1. The van der Waals surface area contributed by atoms with Gasteiger partial charge in [0.25, 0.3) is 5.91 Å².